The number of benzene rings is 1. The van der Waals surface area contributed by atoms with Crippen LogP contribution in [0.5, 0.6) is 0 Å². The van der Waals surface area contributed by atoms with Crippen LogP contribution in [0.15, 0.2) is 22.7 Å². The number of alkyl halides is 3. The van der Waals surface area contributed by atoms with E-state index in [9.17, 15) is 22.8 Å². The number of urea groups is 1. The first-order valence-electron chi connectivity index (χ1n) is 4.67. The van der Waals surface area contributed by atoms with Crippen molar-refractivity contribution in [1.82, 2.24) is 5.32 Å². The zero-order valence-corrected chi connectivity index (χ0v) is 10.4. The van der Waals surface area contributed by atoms with E-state index >= 15 is 0 Å². The summed E-state index contributed by atoms with van der Waals surface area (Å²) in [5.74, 6) is 0. The minimum absolute atomic E-state index is 0.214. The summed E-state index contributed by atoms with van der Waals surface area (Å²) in [6, 6.07) is 3.30. The molecule has 0 atom stereocenters. The summed E-state index contributed by atoms with van der Waals surface area (Å²) in [5.41, 5.74) is 0.502. The quantitative estimate of drug-likeness (QED) is 0.840. The Hall–Kier alpha value is -1.57. The number of amides is 2. The van der Waals surface area contributed by atoms with Crippen molar-refractivity contribution in [3.05, 3.63) is 28.2 Å². The van der Waals surface area contributed by atoms with Crippen molar-refractivity contribution in [3.63, 3.8) is 0 Å². The number of nitrogens with one attached hydrogen (secondary N) is 2. The summed E-state index contributed by atoms with van der Waals surface area (Å²) in [6.45, 7) is -1.42. The molecule has 0 aliphatic heterocycles. The molecule has 0 spiro atoms. The number of hydrogen-bond donors (Lipinski definition) is 2. The zero-order chi connectivity index (χ0) is 13.8. The summed E-state index contributed by atoms with van der Waals surface area (Å²) in [4.78, 5) is 21.7. The van der Waals surface area contributed by atoms with Crippen LogP contribution in [0.2, 0.25) is 0 Å². The van der Waals surface area contributed by atoms with Crippen LogP contribution in [0, 0.1) is 0 Å². The van der Waals surface area contributed by atoms with Gasteiger partial charge < -0.3 is 10.6 Å². The molecule has 0 aliphatic carbocycles. The van der Waals surface area contributed by atoms with Crippen LogP contribution >= 0.6 is 15.9 Å². The van der Waals surface area contributed by atoms with Crippen LogP contribution in [0.4, 0.5) is 23.7 Å². The second-order valence-electron chi connectivity index (χ2n) is 3.31. The molecule has 0 aromatic heterocycles. The second kappa shape index (κ2) is 5.85. The topological polar surface area (TPSA) is 58.2 Å². The highest BCUT2D eigenvalue weighted by Gasteiger charge is 2.27. The molecular weight excluding hydrogens is 317 g/mol. The Labute approximate surface area is 109 Å². The Kier molecular flexibility index (Phi) is 4.71. The van der Waals surface area contributed by atoms with Gasteiger partial charge in [-0.05, 0) is 18.2 Å². The number of rotatable bonds is 3. The van der Waals surface area contributed by atoms with E-state index in [0.29, 0.717) is 10.8 Å². The lowest BCUT2D eigenvalue weighted by atomic mass is 10.2. The molecule has 0 saturated carbocycles. The third-order valence-electron chi connectivity index (χ3n) is 1.76. The van der Waals surface area contributed by atoms with Gasteiger partial charge >= 0.3 is 12.2 Å². The second-order valence-corrected chi connectivity index (χ2v) is 4.23. The summed E-state index contributed by atoms with van der Waals surface area (Å²) in [6.07, 6.45) is -3.91. The van der Waals surface area contributed by atoms with Crippen molar-refractivity contribution >= 4 is 33.9 Å². The summed E-state index contributed by atoms with van der Waals surface area (Å²) >= 11 is 3.10. The minimum atomic E-state index is -4.47. The fraction of sp³-hybridized carbons (Fsp3) is 0.200. The number of hydrogen-bond acceptors (Lipinski definition) is 2. The van der Waals surface area contributed by atoms with E-state index in [1.807, 2.05) is 0 Å². The predicted octanol–water partition coefficient (Wildman–Crippen LogP) is 2.95. The van der Waals surface area contributed by atoms with Gasteiger partial charge in [0.15, 0.2) is 0 Å². The van der Waals surface area contributed by atoms with E-state index in [1.165, 1.54) is 18.2 Å². The van der Waals surface area contributed by atoms with Gasteiger partial charge in [-0.3, -0.25) is 4.79 Å². The molecule has 0 bridgehead atoms. The van der Waals surface area contributed by atoms with E-state index in [1.54, 1.807) is 5.32 Å². The van der Waals surface area contributed by atoms with E-state index in [0.717, 1.165) is 0 Å². The molecule has 1 rings (SSSR count). The molecule has 98 valence electrons. The average molecular weight is 325 g/mol. The van der Waals surface area contributed by atoms with Gasteiger partial charge in [0.1, 0.15) is 12.8 Å². The van der Waals surface area contributed by atoms with Crippen LogP contribution in [-0.2, 0) is 0 Å². The molecule has 0 saturated heterocycles. The highest BCUT2D eigenvalue weighted by Crippen LogP contribution is 2.18. The first-order chi connectivity index (χ1) is 8.30. The van der Waals surface area contributed by atoms with Crippen LogP contribution in [-0.4, -0.2) is 25.0 Å². The fourth-order valence-electron chi connectivity index (χ4n) is 1.11. The highest BCUT2D eigenvalue weighted by atomic mass is 79.9. The normalized spacial score (nSPS) is 10.9. The van der Waals surface area contributed by atoms with Gasteiger partial charge in [0, 0.05) is 15.7 Å². The number of carbonyl (C=O) groups excluding carboxylic acids is 2. The molecule has 4 nitrogen and oxygen atoms in total. The first-order valence-corrected chi connectivity index (χ1v) is 5.47. The smallest absolute Gasteiger partial charge is 0.329 e. The lowest BCUT2D eigenvalue weighted by Crippen LogP contribution is -2.36. The van der Waals surface area contributed by atoms with Crippen molar-refractivity contribution in [2.24, 2.45) is 0 Å². The number of halogens is 4. The van der Waals surface area contributed by atoms with Gasteiger partial charge in [0.25, 0.3) is 0 Å². The number of carbonyl (C=O) groups is 2. The molecule has 1 aromatic rings. The van der Waals surface area contributed by atoms with E-state index in [2.05, 4.69) is 21.2 Å². The van der Waals surface area contributed by atoms with Crippen LogP contribution < -0.4 is 10.6 Å². The van der Waals surface area contributed by atoms with E-state index in [-0.39, 0.29) is 11.3 Å². The number of anilines is 1. The van der Waals surface area contributed by atoms with Gasteiger partial charge in [0.2, 0.25) is 0 Å². The first kappa shape index (κ1) is 14.5. The molecule has 0 radical (unpaired) electrons. The predicted molar refractivity (Wildman–Crippen MR) is 62.6 cm³/mol. The minimum Gasteiger partial charge on any atom is -0.329 e. The maximum Gasteiger partial charge on any atom is 0.405 e. The molecular formula is C10H8BrF3N2O2. The third-order valence-corrected chi connectivity index (χ3v) is 2.22. The molecule has 0 fully saturated rings. The molecule has 1 aromatic carbocycles. The maximum absolute atomic E-state index is 11.8. The molecule has 0 unspecified atom stereocenters. The van der Waals surface area contributed by atoms with Gasteiger partial charge in [-0.2, -0.15) is 13.2 Å². The third kappa shape index (κ3) is 5.17. The van der Waals surface area contributed by atoms with Crippen molar-refractivity contribution < 1.29 is 22.8 Å². The van der Waals surface area contributed by atoms with Gasteiger partial charge in [-0.25, -0.2) is 4.79 Å². The zero-order valence-electron chi connectivity index (χ0n) is 8.84. The van der Waals surface area contributed by atoms with Crippen molar-refractivity contribution in [1.29, 1.82) is 0 Å². The SMILES string of the molecule is O=Cc1cc(Br)cc(NC(=O)NCC(F)(F)F)c1. The largest absolute Gasteiger partial charge is 0.405 e. The van der Waals surface area contributed by atoms with E-state index in [4.69, 9.17) is 0 Å². The Morgan fingerprint density at radius 1 is 1.33 bits per heavy atom. The van der Waals surface area contributed by atoms with Crippen molar-refractivity contribution in [2.75, 3.05) is 11.9 Å². The summed E-state index contributed by atoms with van der Waals surface area (Å²) in [5, 5.41) is 3.84. The molecule has 0 heterocycles. The Morgan fingerprint density at radius 2 is 2.00 bits per heavy atom. The van der Waals surface area contributed by atoms with Crippen LogP contribution in [0.3, 0.4) is 0 Å². The van der Waals surface area contributed by atoms with Crippen molar-refractivity contribution in [3.8, 4) is 0 Å². The Morgan fingerprint density at radius 3 is 2.56 bits per heavy atom. The van der Waals surface area contributed by atoms with E-state index < -0.39 is 18.8 Å². The monoisotopic (exact) mass is 324 g/mol. The molecule has 2 N–H and O–H groups in total. The lowest BCUT2D eigenvalue weighted by Gasteiger charge is -2.10. The van der Waals surface area contributed by atoms with Gasteiger partial charge in [-0.15, -0.1) is 0 Å². The highest BCUT2D eigenvalue weighted by molar-refractivity contribution is 9.10. The maximum atomic E-state index is 11.8. The van der Waals surface area contributed by atoms with Crippen LogP contribution in [0.25, 0.3) is 0 Å². The van der Waals surface area contributed by atoms with Crippen molar-refractivity contribution in [2.45, 2.75) is 6.18 Å². The molecule has 2 amide bonds. The standard InChI is InChI=1S/C10H8BrF3N2O2/c11-7-1-6(4-17)2-8(3-7)16-9(18)15-5-10(12,13)14/h1-4H,5H2,(H2,15,16,18). The van der Waals surface area contributed by atoms with Gasteiger partial charge in [-0.1, -0.05) is 15.9 Å². The summed E-state index contributed by atoms with van der Waals surface area (Å²) < 4.78 is 36.0. The molecule has 8 heteroatoms. The van der Waals surface area contributed by atoms with Gasteiger partial charge in [0.05, 0.1) is 0 Å². The fourth-order valence-corrected chi connectivity index (χ4v) is 1.62. The molecule has 18 heavy (non-hydrogen) atoms. The Balaban J connectivity index is 2.64. The van der Waals surface area contributed by atoms with Crippen LogP contribution in [0.1, 0.15) is 10.4 Å². The lowest BCUT2D eigenvalue weighted by molar-refractivity contribution is -0.122. The Bertz CT molecular complexity index is 463. The number of aldehydes is 1. The molecule has 0 aliphatic rings. The average Bonchev–Trinajstić information content (AvgIpc) is 2.24. The summed E-state index contributed by atoms with van der Waals surface area (Å²) in [7, 11) is 0.